The van der Waals surface area contributed by atoms with Crippen molar-refractivity contribution in [2.75, 3.05) is 68.7 Å². The number of benzene rings is 4. The first-order chi connectivity index (χ1) is 34.4. The number of oxime groups is 1. The average Bonchev–Trinajstić information content (AvgIpc) is 3.85. The van der Waals surface area contributed by atoms with E-state index in [0.29, 0.717) is 31.3 Å². The van der Waals surface area contributed by atoms with E-state index in [1.165, 1.54) is 30.2 Å². The lowest BCUT2D eigenvalue weighted by Crippen LogP contribution is -2.71. The fourth-order valence-corrected chi connectivity index (χ4v) is 13.5. The number of carboxylic acid groups (broad SMARTS) is 1. The Kier molecular flexibility index (Phi) is 14.6. The van der Waals surface area contributed by atoms with E-state index in [1.807, 2.05) is 103 Å². The molecule has 21 heteroatoms. The van der Waals surface area contributed by atoms with Crippen molar-refractivity contribution in [3.63, 3.8) is 0 Å². The van der Waals surface area contributed by atoms with Crippen LogP contribution in [0.2, 0.25) is 0 Å². The van der Waals surface area contributed by atoms with Crippen LogP contribution in [0.25, 0.3) is 10.1 Å². The molecule has 0 bridgehead atoms. The number of ether oxygens (including phenoxy) is 1. The van der Waals surface area contributed by atoms with Crippen molar-refractivity contribution in [2.45, 2.75) is 28.1 Å². The van der Waals surface area contributed by atoms with Crippen molar-refractivity contribution in [2.24, 2.45) is 5.16 Å². The van der Waals surface area contributed by atoms with Crippen LogP contribution in [0, 0.1) is 11.6 Å². The van der Waals surface area contributed by atoms with E-state index in [-0.39, 0.29) is 60.8 Å². The van der Waals surface area contributed by atoms with Gasteiger partial charge in [0.25, 0.3) is 11.8 Å². The summed E-state index contributed by atoms with van der Waals surface area (Å²) in [5.41, 5.74) is 0.138. The Morgan fingerprint density at radius 2 is 1.56 bits per heavy atom. The number of carbonyl (C=O) groups excluding carboxylic acids is 3. The van der Waals surface area contributed by atoms with Crippen LogP contribution in [-0.2, 0) is 29.5 Å². The van der Waals surface area contributed by atoms with E-state index in [0.717, 1.165) is 50.8 Å². The largest absolute Gasteiger partial charge is 0.477 e. The third kappa shape index (κ3) is 9.39. The molecular weight excluding hydrogens is 993 g/mol. The van der Waals surface area contributed by atoms with Gasteiger partial charge in [-0.3, -0.25) is 19.3 Å². The van der Waals surface area contributed by atoms with Gasteiger partial charge in [0.05, 0.1) is 15.5 Å². The van der Waals surface area contributed by atoms with Gasteiger partial charge in [-0.15, -0.1) is 46.2 Å². The smallest absolute Gasteiger partial charge is 0.352 e. The number of amides is 2. The number of aliphatic carboxylic acids is 1. The van der Waals surface area contributed by atoms with Crippen LogP contribution in [0.15, 0.2) is 128 Å². The molecule has 2 saturated heterocycles. The molecule has 2 atom stereocenters. The molecule has 0 radical (unpaired) electrons. The second kappa shape index (κ2) is 21.0. The number of halogens is 2. The lowest BCUT2D eigenvalue weighted by Gasteiger charge is -2.49. The molecule has 3 aliphatic heterocycles. The van der Waals surface area contributed by atoms with Gasteiger partial charge in [0.1, 0.15) is 52.5 Å². The Balaban J connectivity index is 0.959. The molecule has 0 spiro atoms. The van der Waals surface area contributed by atoms with Gasteiger partial charge in [0, 0.05) is 48.5 Å². The van der Waals surface area contributed by atoms with Gasteiger partial charge in [0.15, 0.2) is 16.7 Å². The maximum atomic E-state index is 16.4. The van der Waals surface area contributed by atoms with E-state index in [9.17, 15) is 29.1 Å². The van der Waals surface area contributed by atoms with Gasteiger partial charge in [-0.05, 0) is 42.3 Å². The molecule has 3 aliphatic rings. The summed E-state index contributed by atoms with van der Waals surface area (Å²) in [7, 11) is 3.18. The molecule has 15 nitrogen and oxygen atoms in total. The maximum Gasteiger partial charge on any atom is 0.352 e. The van der Waals surface area contributed by atoms with Crippen LogP contribution in [0.4, 0.5) is 19.6 Å². The monoisotopic (exact) mass is 1040 g/mol. The molecule has 2 aromatic heterocycles. The van der Waals surface area contributed by atoms with Crippen molar-refractivity contribution >= 4 is 96.6 Å². The number of likely N-dealkylation sites (N-methyl/N-ethyl adjacent to an activating group) is 1. The molecule has 1 unspecified atom stereocenters. The Labute approximate surface area is 422 Å². The number of aromatic nitrogens is 1. The minimum absolute atomic E-state index is 0.0384. The highest BCUT2D eigenvalue weighted by Gasteiger charge is 2.54. The number of esters is 1. The number of rotatable bonds is 16. The molecule has 2 fully saturated rings. The van der Waals surface area contributed by atoms with E-state index < -0.39 is 63.3 Å². The fourth-order valence-electron chi connectivity index (χ4n) is 8.87. The predicted molar refractivity (Wildman–Crippen MR) is 273 cm³/mol. The molecule has 5 heterocycles. The summed E-state index contributed by atoms with van der Waals surface area (Å²) in [5.74, 6) is -5.82. The van der Waals surface area contributed by atoms with Crippen molar-refractivity contribution in [3.8, 4) is 0 Å². The molecule has 6 aromatic rings. The Morgan fingerprint density at radius 1 is 0.944 bits per heavy atom. The lowest BCUT2D eigenvalue weighted by molar-refractivity contribution is -0.150. The maximum absolute atomic E-state index is 16.4. The number of thiazole rings is 1. The van der Waals surface area contributed by atoms with Crippen LogP contribution in [0.5, 0.6) is 0 Å². The molecule has 71 heavy (non-hydrogen) atoms. The van der Waals surface area contributed by atoms with E-state index in [1.54, 1.807) is 17.2 Å². The second-order valence-electron chi connectivity index (χ2n) is 16.5. The molecule has 3 N–H and O–H groups in total. The number of hydrogen-bond donors (Lipinski definition) is 3. The SMILES string of the molecule is CCOC(=O)c1c(SCC2=C(C(=O)O)N3C(=O)C(NC(=O)C(=NOC)c4csc(NC(c5ccccc5)(c5ccccc5)c5ccccc5)n4)[C@@H]3SC2)sc2c(F)c(N3CCN(C)CC3)c(F)cc2c1=O. The van der Waals surface area contributed by atoms with Crippen molar-refractivity contribution in [3.05, 3.63) is 164 Å². The highest BCUT2D eigenvalue weighted by molar-refractivity contribution is 8.02. The van der Waals surface area contributed by atoms with E-state index >= 15 is 8.78 Å². The summed E-state index contributed by atoms with van der Waals surface area (Å²) >= 11 is 4.13. The summed E-state index contributed by atoms with van der Waals surface area (Å²) in [6.07, 6.45) is 0. The number of thioether (sulfide) groups is 2. The van der Waals surface area contributed by atoms with Crippen LogP contribution in [-0.4, -0.2) is 119 Å². The number of β-lactam (4-membered cyclic amide) rings is 1. The number of carbonyl (C=O) groups is 4. The molecule has 9 rings (SSSR count). The normalized spacial score (nSPS) is 17.4. The summed E-state index contributed by atoms with van der Waals surface area (Å²) < 4.78 is 37.1. The van der Waals surface area contributed by atoms with Gasteiger partial charge in [0.2, 0.25) is 5.43 Å². The molecule has 366 valence electrons. The van der Waals surface area contributed by atoms with Crippen LogP contribution >= 0.6 is 46.2 Å². The van der Waals surface area contributed by atoms with Crippen molar-refractivity contribution in [1.82, 2.24) is 20.1 Å². The summed E-state index contributed by atoms with van der Waals surface area (Å²) in [4.78, 5) is 82.7. The lowest BCUT2D eigenvalue weighted by atomic mass is 9.77. The van der Waals surface area contributed by atoms with E-state index in [2.05, 4.69) is 15.8 Å². The van der Waals surface area contributed by atoms with Crippen LogP contribution < -0.4 is 21.0 Å². The number of nitrogens with one attached hydrogen (secondary N) is 2. The third-order valence-electron chi connectivity index (χ3n) is 12.3. The van der Waals surface area contributed by atoms with Gasteiger partial charge in [-0.25, -0.2) is 23.4 Å². The second-order valence-corrected chi connectivity index (χ2v) is 20.8. The molecule has 2 amide bonds. The molecular formula is C50H45F2N7O8S4. The van der Waals surface area contributed by atoms with Crippen molar-refractivity contribution in [1.29, 1.82) is 0 Å². The molecule has 0 aliphatic carbocycles. The quantitative estimate of drug-likeness (QED) is 0.0221. The Hall–Kier alpha value is -6.65. The zero-order valence-corrected chi connectivity index (χ0v) is 41.6. The van der Waals surface area contributed by atoms with Crippen LogP contribution in [0.1, 0.15) is 39.7 Å². The summed E-state index contributed by atoms with van der Waals surface area (Å²) in [6.45, 7) is 3.31. The number of nitrogens with zero attached hydrogens (tertiary/aromatic N) is 5. The summed E-state index contributed by atoms with van der Waals surface area (Å²) in [6, 6.07) is 29.5. The van der Waals surface area contributed by atoms with Gasteiger partial charge >= 0.3 is 11.9 Å². The first-order valence-electron chi connectivity index (χ1n) is 22.3. The number of hydrogen-bond acceptors (Lipinski definition) is 16. The molecule has 4 aromatic carbocycles. The number of piperazine rings is 1. The zero-order valence-electron chi connectivity index (χ0n) is 38.3. The van der Waals surface area contributed by atoms with Gasteiger partial charge in [-0.1, -0.05) is 96.2 Å². The number of anilines is 2. The minimum Gasteiger partial charge on any atom is -0.477 e. The third-order valence-corrected chi connectivity index (χ3v) is 16.9. The average molecular weight is 1040 g/mol. The molecule has 0 saturated carbocycles. The highest BCUT2D eigenvalue weighted by Crippen LogP contribution is 2.44. The summed E-state index contributed by atoms with van der Waals surface area (Å²) in [5, 5.41) is 21.9. The van der Waals surface area contributed by atoms with E-state index in [4.69, 9.17) is 14.6 Å². The minimum atomic E-state index is -1.42. The number of fused-ring (bicyclic) bond motifs is 2. The predicted octanol–water partition coefficient (Wildman–Crippen LogP) is 7.21. The fraction of sp³-hybridized carbons (Fsp3) is 0.260. The van der Waals surface area contributed by atoms with Crippen LogP contribution in [0.3, 0.4) is 0 Å². The first-order valence-corrected chi connectivity index (χ1v) is 26.0. The topological polar surface area (TPSA) is 183 Å². The first kappa shape index (κ1) is 49.3. The van der Waals surface area contributed by atoms with Gasteiger partial charge in [-0.2, -0.15) is 0 Å². The number of carboxylic acids is 1. The standard InChI is InChI=1S/C50H45F2N7O8S4/c1-4-67-47(65)35-41(60)32-24-33(51)40(58-22-20-57(2)21-23-58)36(52)42(32)71-48(35)69-26-28-25-68-45-38(44(62)59(45)39(28)46(63)64)54-43(61)37(56-66-3)34-27-70-49(53-34)55-50(29-14-8-5-9-15-29,30-16-10-6-11-17-30)31-18-12-7-13-19-31/h5-19,24,27,38,45H,4,20-23,25-26H2,1-3H3,(H,53,55)(H,54,61)(H,63,64)/t38?,45-/m0/s1. The van der Waals surface area contributed by atoms with Crippen molar-refractivity contribution < 1.29 is 42.6 Å². The van der Waals surface area contributed by atoms with Gasteiger partial charge < -0.3 is 35.1 Å². The highest BCUT2D eigenvalue weighted by atomic mass is 32.2. The Morgan fingerprint density at radius 3 is 2.14 bits per heavy atom. The zero-order chi connectivity index (χ0) is 50.0. The Bertz CT molecular complexity index is 3050.